The number of phenols is 1. The predicted molar refractivity (Wildman–Crippen MR) is 123 cm³/mol. The Morgan fingerprint density at radius 3 is 2.69 bits per heavy atom. The first kappa shape index (κ1) is 22.4. The number of ether oxygens (including phenoxy) is 3. The number of halogens is 1. The zero-order valence-corrected chi connectivity index (χ0v) is 18.6. The third-order valence-electron chi connectivity index (χ3n) is 6.00. The molecule has 0 saturated carbocycles. The van der Waals surface area contributed by atoms with Gasteiger partial charge in [-0.1, -0.05) is 24.3 Å². The van der Waals surface area contributed by atoms with Crippen LogP contribution in [-0.4, -0.2) is 56.6 Å². The maximum absolute atomic E-state index is 12.5. The number of phenolic OH excluding ortho intramolecular Hbond substituents is 1. The van der Waals surface area contributed by atoms with Crippen LogP contribution in [0.5, 0.6) is 17.2 Å². The number of hydrogen-bond donors (Lipinski definition) is 1. The second-order valence-electron chi connectivity index (χ2n) is 8.31. The molecule has 170 valence electrons. The van der Waals surface area contributed by atoms with Crippen molar-refractivity contribution >= 4 is 5.57 Å². The SMILES string of the molecule is COC/C=C/C1=C(C)c2cc(O)ccc2OC1c1ccc(OCCN2CC(CF)C2)cc1. The van der Waals surface area contributed by atoms with E-state index in [1.165, 1.54) is 0 Å². The smallest absolute Gasteiger partial charge is 0.149 e. The molecule has 0 spiro atoms. The van der Waals surface area contributed by atoms with Crippen molar-refractivity contribution < 1.29 is 23.7 Å². The van der Waals surface area contributed by atoms with Crippen LogP contribution in [0.2, 0.25) is 0 Å². The summed E-state index contributed by atoms with van der Waals surface area (Å²) in [6.07, 6.45) is 3.72. The lowest BCUT2D eigenvalue weighted by atomic mass is 9.90. The highest BCUT2D eigenvalue weighted by molar-refractivity contribution is 5.77. The number of hydrogen-bond acceptors (Lipinski definition) is 5. The normalized spacial score (nSPS) is 19.0. The molecule has 2 aromatic carbocycles. The Bertz CT molecular complexity index is 980. The van der Waals surface area contributed by atoms with E-state index in [1.54, 1.807) is 25.3 Å². The number of benzene rings is 2. The summed E-state index contributed by atoms with van der Waals surface area (Å²) in [5.74, 6) is 1.96. The summed E-state index contributed by atoms with van der Waals surface area (Å²) in [6, 6.07) is 13.1. The minimum atomic E-state index is -0.270. The number of fused-ring (bicyclic) bond motifs is 1. The van der Waals surface area contributed by atoms with Crippen LogP contribution in [-0.2, 0) is 4.74 Å². The van der Waals surface area contributed by atoms with Gasteiger partial charge in [0.25, 0.3) is 0 Å². The standard InChI is InChI=1S/C26H30FNO4/c1-18-23(4-3-12-30-2)26(32-25-10-7-21(29)14-24(18)25)20-5-8-22(9-6-20)31-13-11-28-16-19(15-27)17-28/h3-10,14,19,26,29H,11-13,15-17H2,1-2H3/b4-3+. The van der Waals surface area contributed by atoms with Crippen molar-refractivity contribution in [2.45, 2.75) is 13.0 Å². The van der Waals surface area contributed by atoms with Gasteiger partial charge >= 0.3 is 0 Å². The van der Waals surface area contributed by atoms with Crippen LogP contribution in [0.3, 0.4) is 0 Å². The molecular weight excluding hydrogens is 409 g/mol. The van der Waals surface area contributed by atoms with Crippen molar-refractivity contribution in [3.63, 3.8) is 0 Å². The van der Waals surface area contributed by atoms with Crippen LogP contribution in [0.4, 0.5) is 4.39 Å². The van der Waals surface area contributed by atoms with Gasteiger partial charge in [0.1, 0.15) is 30.0 Å². The van der Waals surface area contributed by atoms with Crippen molar-refractivity contribution in [2.24, 2.45) is 5.92 Å². The van der Waals surface area contributed by atoms with Gasteiger partial charge in [-0.15, -0.1) is 0 Å². The third kappa shape index (κ3) is 4.97. The molecule has 1 fully saturated rings. The summed E-state index contributed by atoms with van der Waals surface area (Å²) in [7, 11) is 1.66. The molecule has 1 atom stereocenters. The molecule has 4 rings (SSSR count). The number of alkyl halides is 1. The molecule has 6 heteroatoms. The van der Waals surface area contributed by atoms with Gasteiger partial charge in [0.05, 0.1) is 13.3 Å². The van der Waals surface area contributed by atoms with Gasteiger partial charge in [0, 0.05) is 43.8 Å². The fraction of sp³-hybridized carbons (Fsp3) is 0.385. The Morgan fingerprint density at radius 2 is 1.97 bits per heavy atom. The van der Waals surface area contributed by atoms with E-state index in [4.69, 9.17) is 14.2 Å². The molecular formula is C26H30FNO4. The van der Waals surface area contributed by atoms with E-state index in [0.717, 1.165) is 53.4 Å². The lowest BCUT2D eigenvalue weighted by Crippen LogP contribution is -2.49. The van der Waals surface area contributed by atoms with E-state index in [-0.39, 0.29) is 24.4 Å². The maximum Gasteiger partial charge on any atom is 0.149 e. The van der Waals surface area contributed by atoms with Crippen LogP contribution >= 0.6 is 0 Å². The largest absolute Gasteiger partial charge is 0.508 e. The van der Waals surface area contributed by atoms with Gasteiger partial charge in [-0.05, 0) is 48.4 Å². The van der Waals surface area contributed by atoms with Crippen LogP contribution in [0, 0.1) is 5.92 Å². The van der Waals surface area contributed by atoms with E-state index in [2.05, 4.69) is 4.90 Å². The van der Waals surface area contributed by atoms with Gasteiger partial charge in [0.15, 0.2) is 0 Å². The van der Waals surface area contributed by atoms with Gasteiger partial charge in [-0.25, -0.2) is 0 Å². The fourth-order valence-electron chi connectivity index (χ4n) is 4.18. The lowest BCUT2D eigenvalue weighted by molar-refractivity contribution is 0.0668. The van der Waals surface area contributed by atoms with Crippen LogP contribution in [0.25, 0.3) is 5.57 Å². The molecule has 0 radical (unpaired) electrons. The Morgan fingerprint density at radius 1 is 1.19 bits per heavy atom. The van der Waals surface area contributed by atoms with Gasteiger partial charge in [-0.3, -0.25) is 9.29 Å². The first-order valence-electron chi connectivity index (χ1n) is 11.0. The van der Waals surface area contributed by atoms with E-state index in [0.29, 0.717) is 13.2 Å². The summed E-state index contributed by atoms with van der Waals surface area (Å²) in [5, 5.41) is 9.92. The van der Waals surface area contributed by atoms with E-state index < -0.39 is 0 Å². The number of methoxy groups -OCH3 is 1. The Balaban J connectivity index is 1.47. The summed E-state index contributed by atoms with van der Waals surface area (Å²) in [4.78, 5) is 2.20. The second kappa shape index (κ2) is 10.2. The number of aromatic hydroxyl groups is 1. The van der Waals surface area contributed by atoms with Crippen LogP contribution in [0.15, 0.2) is 60.2 Å². The molecule has 1 N–H and O–H groups in total. The molecule has 0 aromatic heterocycles. The first-order chi connectivity index (χ1) is 15.6. The molecule has 2 aliphatic heterocycles. The van der Waals surface area contributed by atoms with Crippen molar-refractivity contribution in [2.75, 3.05) is 46.6 Å². The average molecular weight is 440 g/mol. The Labute approximate surface area is 188 Å². The number of allylic oxidation sites excluding steroid dienone is 1. The molecule has 32 heavy (non-hydrogen) atoms. The Hall–Kier alpha value is -2.83. The van der Waals surface area contributed by atoms with E-state index in [9.17, 15) is 9.50 Å². The van der Waals surface area contributed by atoms with E-state index in [1.807, 2.05) is 43.3 Å². The van der Waals surface area contributed by atoms with Gasteiger partial charge in [-0.2, -0.15) is 0 Å². The summed E-state index contributed by atoms with van der Waals surface area (Å²) in [5.41, 5.74) is 3.98. The quantitative estimate of drug-likeness (QED) is 0.609. The van der Waals surface area contributed by atoms with Gasteiger partial charge < -0.3 is 19.3 Å². The zero-order chi connectivity index (χ0) is 22.5. The van der Waals surface area contributed by atoms with Gasteiger partial charge in [0.2, 0.25) is 0 Å². The number of nitrogens with zero attached hydrogens (tertiary/aromatic N) is 1. The van der Waals surface area contributed by atoms with E-state index >= 15 is 0 Å². The zero-order valence-electron chi connectivity index (χ0n) is 18.6. The maximum atomic E-state index is 12.5. The molecule has 5 nitrogen and oxygen atoms in total. The molecule has 0 aliphatic carbocycles. The first-order valence-corrected chi connectivity index (χ1v) is 11.0. The predicted octanol–water partition coefficient (Wildman–Crippen LogP) is 4.78. The van der Waals surface area contributed by atoms with Crippen LogP contribution < -0.4 is 9.47 Å². The highest BCUT2D eigenvalue weighted by Crippen LogP contribution is 2.43. The average Bonchev–Trinajstić information content (AvgIpc) is 2.77. The molecule has 2 heterocycles. The minimum Gasteiger partial charge on any atom is -0.508 e. The minimum absolute atomic E-state index is 0.197. The lowest BCUT2D eigenvalue weighted by Gasteiger charge is -2.37. The topological polar surface area (TPSA) is 51.2 Å². The molecule has 0 bridgehead atoms. The van der Waals surface area contributed by atoms with Crippen molar-refractivity contribution in [1.82, 2.24) is 4.90 Å². The summed E-state index contributed by atoms with van der Waals surface area (Å²) in [6.45, 7) is 5.35. The summed E-state index contributed by atoms with van der Waals surface area (Å²) >= 11 is 0. The number of likely N-dealkylation sites (tertiary alicyclic amines) is 1. The van der Waals surface area contributed by atoms with Crippen molar-refractivity contribution in [1.29, 1.82) is 0 Å². The van der Waals surface area contributed by atoms with Crippen molar-refractivity contribution in [3.8, 4) is 17.2 Å². The number of rotatable bonds is 9. The Kier molecular flexibility index (Phi) is 7.12. The summed E-state index contributed by atoms with van der Waals surface area (Å²) < 4.78 is 29.9. The molecule has 2 aromatic rings. The molecule has 1 saturated heterocycles. The second-order valence-corrected chi connectivity index (χ2v) is 8.31. The third-order valence-corrected chi connectivity index (χ3v) is 6.00. The molecule has 0 amide bonds. The molecule has 1 unspecified atom stereocenters. The fourth-order valence-corrected chi connectivity index (χ4v) is 4.18. The highest BCUT2D eigenvalue weighted by Gasteiger charge is 2.27. The molecule has 2 aliphatic rings. The monoisotopic (exact) mass is 439 g/mol. The highest BCUT2D eigenvalue weighted by atomic mass is 19.1. The van der Waals surface area contributed by atoms with Crippen molar-refractivity contribution in [3.05, 3.63) is 71.3 Å². The van der Waals surface area contributed by atoms with Crippen LogP contribution in [0.1, 0.15) is 24.2 Å².